The van der Waals surface area contributed by atoms with Gasteiger partial charge in [-0.2, -0.15) is 0 Å². The Morgan fingerprint density at radius 1 is 1.05 bits per heavy atom. The highest BCUT2D eigenvalue weighted by atomic mass is 16.2. The van der Waals surface area contributed by atoms with E-state index in [2.05, 4.69) is 46.4 Å². The normalized spacial score (nSPS) is 20.5. The molecule has 0 radical (unpaired) electrons. The number of allylic oxidation sites excluding steroid dienone is 5. The molecular weight excluding hydrogens is 510 g/mol. The van der Waals surface area contributed by atoms with Crippen LogP contribution in [0.15, 0.2) is 97.1 Å². The Bertz CT molecular complexity index is 1230. The molecule has 2 unspecified atom stereocenters. The van der Waals surface area contributed by atoms with Crippen molar-refractivity contribution in [2.45, 2.75) is 63.7 Å². The first-order chi connectivity index (χ1) is 19.9. The second-order valence-corrected chi connectivity index (χ2v) is 10.9. The van der Waals surface area contributed by atoms with Crippen molar-refractivity contribution in [2.75, 3.05) is 19.6 Å². The summed E-state index contributed by atoms with van der Waals surface area (Å²) in [6.45, 7) is 9.19. The third-order valence-corrected chi connectivity index (χ3v) is 7.76. The maximum absolute atomic E-state index is 13.6. The van der Waals surface area contributed by atoms with Gasteiger partial charge in [-0.05, 0) is 50.2 Å². The van der Waals surface area contributed by atoms with Crippen LogP contribution in [0.3, 0.4) is 0 Å². The van der Waals surface area contributed by atoms with E-state index in [-0.39, 0.29) is 23.7 Å². The molecule has 7 nitrogen and oxygen atoms in total. The van der Waals surface area contributed by atoms with E-state index in [9.17, 15) is 9.59 Å². The van der Waals surface area contributed by atoms with Gasteiger partial charge in [-0.15, -0.1) is 0 Å². The number of carbonyl (C=O) groups excluding carboxylic acids is 2. The van der Waals surface area contributed by atoms with Gasteiger partial charge in [0.1, 0.15) is 5.84 Å². The molecule has 2 aromatic rings. The summed E-state index contributed by atoms with van der Waals surface area (Å²) in [7, 11) is 0. The van der Waals surface area contributed by atoms with Crippen LogP contribution in [0.2, 0.25) is 0 Å². The molecule has 0 aromatic heterocycles. The van der Waals surface area contributed by atoms with Crippen molar-refractivity contribution in [3.05, 3.63) is 108 Å². The molecular formula is C34H43N5O2. The highest BCUT2D eigenvalue weighted by Crippen LogP contribution is 2.19. The number of nitrogens with one attached hydrogen (secondary N) is 3. The molecule has 0 bridgehead atoms. The summed E-state index contributed by atoms with van der Waals surface area (Å²) in [5.41, 5.74) is 3.29. The van der Waals surface area contributed by atoms with Gasteiger partial charge in [0.25, 0.3) is 11.8 Å². The molecule has 2 aromatic carbocycles. The molecule has 0 saturated carbocycles. The molecule has 2 fully saturated rings. The minimum Gasteiger partial charge on any atom is -0.351 e. The zero-order chi connectivity index (χ0) is 29.0. The van der Waals surface area contributed by atoms with Gasteiger partial charge >= 0.3 is 0 Å². The monoisotopic (exact) mass is 553 g/mol. The van der Waals surface area contributed by atoms with Gasteiger partial charge in [0.05, 0.1) is 6.04 Å². The summed E-state index contributed by atoms with van der Waals surface area (Å²) in [5, 5.41) is 15.1. The van der Waals surface area contributed by atoms with Gasteiger partial charge in [0, 0.05) is 32.2 Å². The van der Waals surface area contributed by atoms with Crippen molar-refractivity contribution in [1.29, 1.82) is 5.41 Å². The maximum Gasteiger partial charge on any atom is 0.253 e. The van der Waals surface area contributed by atoms with Gasteiger partial charge in [-0.3, -0.25) is 19.9 Å². The molecule has 2 saturated heterocycles. The van der Waals surface area contributed by atoms with Crippen molar-refractivity contribution in [3.8, 4) is 0 Å². The van der Waals surface area contributed by atoms with Crippen molar-refractivity contribution >= 4 is 17.6 Å². The Hall–Kier alpha value is -3.97. The smallest absolute Gasteiger partial charge is 0.253 e. The largest absolute Gasteiger partial charge is 0.351 e. The highest BCUT2D eigenvalue weighted by molar-refractivity contribution is 6.11. The van der Waals surface area contributed by atoms with Crippen LogP contribution in [-0.4, -0.2) is 65.2 Å². The van der Waals surface area contributed by atoms with Gasteiger partial charge in [-0.1, -0.05) is 97.1 Å². The predicted molar refractivity (Wildman–Crippen MR) is 166 cm³/mol. The van der Waals surface area contributed by atoms with Crippen molar-refractivity contribution < 1.29 is 9.59 Å². The lowest BCUT2D eigenvalue weighted by molar-refractivity contribution is -0.137. The highest BCUT2D eigenvalue weighted by Gasteiger charge is 2.42. The number of nitrogens with zero attached hydrogens (tertiary/aromatic N) is 2. The van der Waals surface area contributed by atoms with E-state index in [0.29, 0.717) is 19.4 Å². The number of amides is 2. The third-order valence-electron chi connectivity index (χ3n) is 7.76. The Balaban J connectivity index is 1.39. The van der Waals surface area contributed by atoms with E-state index in [0.717, 1.165) is 50.0 Å². The van der Waals surface area contributed by atoms with Crippen LogP contribution < -0.4 is 10.6 Å². The number of piperazine rings is 1. The molecule has 7 heteroatoms. The van der Waals surface area contributed by atoms with Crippen molar-refractivity contribution in [3.63, 3.8) is 0 Å². The fourth-order valence-electron chi connectivity index (χ4n) is 5.53. The number of hydrogen-bond donors (Lipinski definition) is 3. The third kappa shape index (κ3) is 8.76. The van der Waals surface area contributed by atoms with Crippen LogP contribution >= 0.6 is 0 Å². The van der Waals surface area contributed by atoms with E-state index in [1.807, 2.05) is 67.6 Å². The topological polar surface area (TPSA) is 88.5 Å². The van der Waals surface area contributed by atoms with E-state index < -0.39 is 12.1 Å². The van der Waals surface area contributed by atoms with E-state index in [1.165, 1.54) is 5.56 Å². The van der Waals surface area contributed by atoms with Crippen LogP contribution in [0.5, 0.6) is 0 Å². The first-order valence-electron chi connectivity index (χ1n) is 14.7. The predicted octanol–water partition coefficient (Wildman–Crippen LogP) is 4.62. The molecule has 2 aliphatic heterocycles. The molecule has 41 heavy (non-hydrogen) atoms. The summed E-state index contributed by atoms with van der Waals surface area (Å²) < 4.78 is 0. The Morgan fingerprint density at radius 2 is 1.71 bits per heavy atom. The number of benzene rings is 2. The molecule has 3 N–H and O–H groups in total. The molecule has 216 valence electrons. The van der Waals surface area contributed by atoms with Crippen LogP contribution in [-0.2, 0) is 22.6 Å². The lowest BCUT2D eigenvalue weighted by Crippen LogP contribution is -2.68. The molecule has 2 atom stereocenters. The second-order valence-electron chi connectivity index (χ2n) is 10.9. The van der Waals surface area contributed by atoms with E-state index in [1.54, 1.807) is 4.90 Å². The summed E-state index contributed by atoms with van der Waals surface area (Å²) in [6, 6.07) is 18.7. The summed E-state index contributed by atoms with van der Waals surface area (Å²) >= 11 is 0. The fourth-order valence-corrected chi connectivity index (χ4v) is 5.53. The van der Waals surface area contributed by atoms with Crippen molar-refractivity contribution in [2.24, 2.45) is 0 Å². The molecule has 2 heterocycles. The number of piperidine rings is 1. The van der Waals surface area contributed by atoms with Gasteiger partial charge in [-0.25, -0.2) is 0 Å². The zero-order valence-electron chi connectivity index (χ0n) is 24.1. The fraction of sp³-hybridized carbons (Fsp3) is 0.382. The van der Waals surface area contributed by atoms with Gasteiger partial charge < -0.3 is 15.5 Å². The molecule has 0 spiro atoms. The lowest BCUT2D eigenvalue weighted by Gasteiger charge is -2.41. The molecule has 2 aliphatic rings. The SMILES string of the molecule is C=C(/C=C\C=C/C)CCCN1C(=N)C(Cc2ccccc2)NC(=O)C1C(=O)NC1CCN(Cc2ccccc2)CC1. The average Bonchev–Trinajstić information content (AvgIpc) is 2.97. The average molecular weight is 554 g/mol. The number of likely N-dealkylation sites (tertiary alicyclic amines) is 1. The van der Waals surface area contributed by atoms with Crippen molar-refractivity contribution in [1.82, 2.24) is 20.4 Å². The second kappa shape index (κ2) is 15.1. The standard InChI is InChI=1S/C34H43N5O2/c1-3-4-7-13-26(2)14-12-21-39-31(34(41)37-30(32(39)35)24-27-15-8-5-9-16-27)33(40)36-29-19-22-38(23-20-29)25-28-17-10-6-11-18-28/h3-11,13,15-18,29-31,35H,2,12,14,19-25H2,1H3,(H,36,40)(H,37,41)/b4-3-,13-7-,35-32?. The van der Waals surface area contributed by atoms with Crippen LogP contribution in [0.4, 0.5) is 0 Å². The number of rotatable bonds is 12. The first-order valence-corrected chi connectivity index (χ1v) is 14.7. The Morgan fingerprint density at radius 3 is 2.37 bits per heavy atom. The van der Waals surface area contributed by atoms with E-state index in [4.69, 9.17) is 5.41 Å². The van der Waals surface area contributed by atoms with Gasteiger partial charge in [0.15, 0.2) is 6.04 Å². The Kier molecular flexibility index (Phi) is 11.1. The van der Waals surface area contributed by atoms with E-state index >= 15 is 0 Å². The summed E-state index contributed by atoms with van der Waals surface area (Å²) in [4.78, 5) is 31.1. The molecule has 4 rings (SSSR count). The van der Waals surface area contributed by atoms with Crippen LogP contribution in [0.1, 0.15) is 43.7 Å². The minimum atomic E-state index is -1.05. The maximum atomic E-state index is 13.6. The Labute approximate surface area is 244 Å². The summed E-state index contributed by atoms with van der Waals surface area (Å²) in [6.07, 6.45) is 11.4. The zero-order valence-corrected chi connectivity index (χ0v) is 24.1. The lowest BCUT2D eigenvalue weighted by atomic mass is 9.98. The number of hydrogen-bond acceptors (Lipinski definition) is 4. The van der Waals surface area contributed by atoms with Crippen LogP contribution in [0, 0.1) is 5.41 Å². The molecule has 2 amide bonds. The first kappa shape index (κ1) is 30.0. The quantitative estimate of drug-likeness (QED) is 0.264. The number of carbonyl (C=O) groups is 2. The number of amidine groups is 1. The molecule has 0 aliphatic carbocycles. The van der Waals surface area contributed by atoms with Gasteiger partial charge in [0.2, 0.25) is 0 Å². The van der Waals surface area contributed by atoms with Crippen LogP contribution in [0.25, 0.3) is 0 Å². The minimum absolute atomic E-state index is 0.0111. The summed E-state index contributed by atoms with van der Waals surface area (Å²) in [5.74, 6) is -0.382.